The second-order valence-electron chi connectivity index (χ2n) is 9.03. The van der Waals surface area contributed by atoms with E-state index in [1.807, 2.05) is 52.3 Å². The Labute approximate surface area is 195 Å². The van der Waals surface area contributed by atoms with Crippen LogP contribution in [0.4, 0.5) is 0 Å². The number of piperidine rings is 2. The number of ketones is 1. The molecule has 0 bridgehead atoms. The summed E-state index contributed by atoms with van der Waals surface area (Å²) in [5.41, 5.74) is 1.69. The summed E-state index contributed by atoms with van der Waals surface area (Å²) < 4.78 is 5.16. The van der Waals surface area contributed by atoms with Crippen LogP contribution in [-0.4, -0.2) is 60.7 Å². The Balaban J connectivity index is 1.28. The molecule has 2 aromatic rings. The van der Waals surface area contributed by atoms with E-state index in [4.69, 9.17) is 4.74 Å². The van der Waals surface area contributed by atoms with Crippen LogP contribution in [0.2, 0.25) is 0 Å². The number of carbonyl (C=O) groups excluding carboxylic acids is 3. The molecule has 6 nitrogen and oxygen atoms in total. The molecule has 0 aliphatic carbocycles. The topological polar surface area (TPSA) is 66.9 Å². The van der Waals surface area contributed by atoms with Crippen molar-refractivity contribution in [2.45, 2.75) is 32.1 Å². The molecule has 1 unspecified atom stereocenters. The molecule has 174 valence electrons. The number of rotatable bonds is 6. The highest BCUT2D eigenvalue weighted by molar-refractivity contribution is 5.98. The van der Waals surface area contributed by atoms with E-state index in [0.717, 1.165) is 24.2 Å². The summed E-state index contributed by atoms with van der Waals surface area (Å²) in [5.74, 6) is 0.881. The summed E-state index contributed by atoms with van der Waals surface area (Å²) in [6.07, 6.45) is 3.41. The lowest BCUT2D eigenvalue weighted by Crippen LogP contribution is -2.49. The quantitative estimate of drug-likeness (QED) is 0.634. The summed E-state index contributed by atoms with van der Waals surface area (Å²) in [6, 6.07) is 17.0. The molecule has 2 fully saturated rings. The molecule has 2 heterocycles. The molecule has 0 aromatic heterocycles. The normalized spacial score (nSPS) is 19.2. The van der Waals surface area contributed by atoms with E-state index in [0.29, 0.717) is 51.0 Å². The first-order chi connectivity index (χ1) is 16.0. The van der Waals surface area contributed by atoms with E-state index in [1.54, 1.807) is 19.2 Å². The van der Waals surface area contributed by atoms with Gasteiger partial charge in [0.2, 0.25) is 11.8 Å². The number of amides is 2. The third-order valence-corrected chi connectivity index (χ3v) is 6.87. The molecule has 0 saturated carbocycles. The highest BCUT2D eigenvalue weighted by Gasteiger charge is 2.34. The van der Waals surface area contributed by atoms with Gasteiger partial charge in [-0.25, -0.2) is 0 Å². The molecule has 2 aromatic carbocycles. The Kier molecular flexibility index (Phi) is 7.43. The van der Waals surface area contributed by atoms with Crippen LogP contribution in [0, 0.1) is 11.8 Å². The summed E-state index contributed by atoms with van der Waals surface area (Å²) in [5, 5.41) is 0. The van der Waals surface area contributed by atoms with E-state index in [-0.39, 0.29) is 29.4 Å². The predicted octanol–water partition coefficient (Wildman–Crippen LogP) is 3.60. The average Bonchev–Trinajstić information content (AvgIpc) is 2.88. The van der Waals surface area contributed by atoms with Crippen LogP contribution in [0.3, 0.4) is 0 Å². The van der Waals surface area contributed by atoms with Crippen molar-refractivity contribution in [3.63, 3.8) is 0 Å². The molecule has 2 aliphatic heterocycles. The van der Waals surface area contributed by atoms with Crippen LogP contribution in [-0.2, 0) is 16.0 Å². The fourth-order valence-corrected chi connectivity index (χ4v) is 4.90. The van der Waals surface area contributed by atoms with Crippen LogP contribution in [0.15, 0.2) is 54.6 Å². The fourth-order valence-electron chi connectivity index (χ4n) is 4.90. The molecular weight excluding hydrogens is 416 g/mol. The van der Waals surface area contributed by atoms with Gasteiger partial charge >= 0.3 is 0 Å². The number of Topliss-reactive ketones (excluding diaryl/α,β-unsaturated/α-hetero) is 1. The lowest BCUT2D eigenvalue weighted by Gasteiger charge is -2.37. The standard InChI is InChI=1S/C27H32N2O4/c1-33-24-11-9-21(10-12-24)26(31)22-13-16-28(17-14-22)27(32)23-8-5-15-29(19-23)25(30)18-20-6-3-2-4-7-20/h2-4,6-7,9-12,22-23H,5,8,13-19H2,1H3. The van der Waals surface area contributed by atoms with Crippen molar-refractivity contribution < 1.29 is 19.1 Å². The second-order valence-corrected chi connectivity index (χ2v) is 9.03. The van der Waals surface area contributed by atoms with Crippen LogP contribution >= 0.6 is 0 Å². The van der Waals surface area contributed by atoms with Gasteiger partial charge in [-0.15, -0.1) is 0 Å². The van der Waals surface area contributed by atoms with E-state index in [1.165, 1.54) is 0 Å². The maximum atomic E-state index is 13.2. The number of likely N-dealkylation sites (tertiary alicyclic amines) is 2. The van der Waals surface area contributed by atoms with Crippen molar-refractivity contribution >= 4 is 17.6 Å². The van der Waals surface area contributed by atoms with Gasteiger partial charge in [0.15, 0.2) is 5.78 Å². The van der Waals surface area contributed by atoms with E-state index in [2.05, 4.69) is 0 Å². The zero-order valence-corrected chi connectivity index (χ0v) is 19.2. The summed E-state index contributed by atoms with van der Waals surface area (Å²) in [7, 11) is 1.61. The van der Waals surface area contributed by atoms with Crippen molar-refractivity contribution in [2.24, 2.45) is 11.8 Å². The van der Waals surface area contributed by atoms with Crippen LogP contribution in [0.5, 0.6) is 5.75 Å². The minimum absolute atomic E-state index is 0.0576. The predicted molar refractivity (Wildman–Crippen MR) is 126 cm³/mol. The largest absolute Gasteiger partial charge is 0.497 e. The molecule has 6 heteroatoms. The zero-order valence-electron chi connectivity index (χ0n) is 19.2. The first-order valence-corrected chi connectivity index (χ1v) is 11.8. The van der Waals surface area contributed by atoms with Crippen molar-refractivity contribution in [2.75, 3.05) is 33.3 Å². The van der Waals surface area contributed by atoms with Crippen molar-refractivity contribution in [3.05, 3.63) is 65.7 Å². The first kappa shape index (κ1) is 23.0. The summed E-state index contributed by atoms with van der Waals surface area (Å²) in [4.78, 5) is 42.5. The molecule has 33 heavy (non-hydrogen) atoms. The molecule has 2 aliphatic rings. The van der Waals surface area contributed by atoms with Gasteiger partial charge in [-0.3, -0.25) is 14.4 Å². The Morgan fingerprint density at radius 3 is 2.21 bits per heavy atom. The SMILES string of the molecule is COc1ccc(C(=O)C2CCN(C(=O)C3CCCN(C(=O)Cc4ccccc4)C3)CC2)cc1. The van der Waals surface area contributed by atoms with Gasteiger partial charge in [-0.05, 0) is 55.5 Å². The number of methoxy groups -OCH3 is 1. The molecule has 1 atom stereocenters. The van der Waals surface area contributed by atoms with Gasteiger partial charge in [0.05, 0.1) is 19.4 Å². The molecule has 4 rings (SSSR count). The van der Waals surface area contributed by atoms with E-state index in [9.17, 15) is 14.4 Å². The van der Waals surface area contributed by atoms with Crippen molar-refractivity contribution in [1.29, 1.82) is 0 Å². The Bertz CT molecular complexity index is 965. The van der Waals surface area contributed by atoms with Crippen molar-refractivity contribution in [1.82, 2.24) is 9.80 Å². The molecular formula is C27H32N2O4. The molecule has 0 spiro atoms. The maximum Gasteiger partial charge on any atom is 0.227 e. The number of nitrogens with zero attached hydrogens (tertiary/aromatic N) is 2. The minimum Gasteiger partial charge on any atom is -0.497 e. The van der Waals surface area contributed by atoms with Crippen LogP contribution in [0.25, 0.3) is 0 Å². The number of ether oxygens (including phenoxy) is 1. The number of hydrogen-bond acceptors (Lipinski definition) is 4. The smallest absolute Gasteiger partial charge is 0.227 e. The highest BCUT2D eigenvalue weighted by atomic mass is 16.5. The number of benzene rings is 2. The van der Waals surface area contributed by atoms with Gasteiger partial charge < -0.3 is 14.5 Å². The number of hydrogen-bond donors (Lipinski definition) is 0. The lowest BCUT2D eigenvalue weighted by molar-refractivity contribution is -0.141. The number of carbonyl (C=O) groups is 3. The first-order valence-electron chi connectivity index (χ1n) is 11.8. The Morgan fingerprint density at radius 1 is 0.848 bits per heavy atom. The third-order valence-electron chi connectivity index (χ3n) is 6.87. The van der Waals surface area contributed by atoms with Crippen LogP contribution in [0.1, 0.15) is 41.6 Å². The van der Waals surface area contributed by atoms with Gasteiger partial charge in [0.25, 0.3) is 0 Å². The molecule has 2 saturated heterocycles. The Morgan fingerprint density at radius 2 is 1.55 bits per heavy atom. The average molecular weight is 449 g/mol. The van der Waals surface area contributed by atoms with Crippen molar-refractivity contribution in [3.8, 4) is 5.75 Å². The highest BCUT2D eigenvalue weighted by Crippen LogP contribution is 2.26. The molecule has 0 N–H and O–H groups in total. The molecule has 2 amide bonds. The third kappa shape index (κ3) is 5.62. The van der Waals surface area contributed by atoms with Gasteiger partial charge in [-0.2, -0.15) is 0 Å². The monoisotopic (exact) mass is 448 g/mol. The molecule has 0 radical (unpaired) electrons. The summed E-state index contributed by atoms with van der Waals surface area (Å²) >= 11 is 0. The van der Waals surface area contributed by atoms with E-state index < -0.39 is 0 Å². The lowest BCUT2D eigenvalue weighted by atomic mass is 9.87. The maximum absolute atomic E-state index is 13.2. The van der Waals surface area contributed by atoms with Crippen LogP contribution < -0.4 is 4.74 Å². The van der Waals surface area contributed by atoms with Gasteiger partial charge in [-0.1, -0.05) is 30.3 Å². The Hall–Kier alpha value is -3.15. The van der Waals surface area contributed by atoms with Gasteiger partial charge in [0, 0.05) is 37.7 Å². The second kappa shape index (κ2) is 10.6. The zero-order chi connectivity index (χ0) is 23.2. The summed E-state index contributed by atoms with van der Waals surface area (Å²) in [6.45, 7) is 2.41. The van der Waals surface area contributed by atoms with Gasteiger partial charge in [0.1, 0.15) is 5.75 Å². The minimum atomic E-state index is -0.146. The fraction of sp³-hybridized carbons (Fsp3) is 0.444. The van der Waals surface area contributed by atoms with E-state index >= 15 is 0 Å².